The molecule has 3 heteroatoms. The van der Waals surface area contributed by atoms with E-state index >= 15 is 0 Å². The molecule has 0 fully saturated rings. The van der Waals surface area contributed by atoms with E-state index in [2.05, 4.69) is 16.1 Å². The van der Waals surface area contributed by atoms with Crippen molar-refractivity contribution in [1.82, 2.24) is 0 Å². The minimum Gasteiger partial charge on any atom is -0.399 e. The lowest BCUT2D eigenvalue weighted by molar-refractivity contribution is 0.215. The van der Waals surface area contributed by atoms with Crippen molar-refractivity contribution in [1.29, 1.82) is 5.26 Å². The van der Waals surface area contributed by atoms with Gasteiger partial charge in [-0.05, 0) is 6.07 Å². The molecule has 0 unspecified atom stereocenters. The summed E-state index contributed by atoms with van der Waals surface area (Å²) in [7, 11) is 1.46. The average Bonchev–Trinajstić information content (AvgIpc) is 2.15. The van der Waals surface area contributed by atoms with Gasteiger partial charge in [0.2, 0.25) is 0 Å². The summed E-state index contributed by atoms with van der Waals surface area (Å²) in [6.07, 6.45) is 1.51. The maximum atomic E-state index is 8.67. The zero-order valence-electron chi connectivity index (χ0n) is 6.69. The van der Waals surface area contributed by atoms with Crippen LogP contribution in [-0.4, -0.2) is 13.3 Å². The van der Waals surface area contributed by atoms with E-state index in [1.807, 2.05) is 12.1 Å². The van der Waals surface area contributed by atoms with Crippen LogP contribution in [0.25, 0.3) is 0 Å². The number of oxime groups is 1. The topological polar surface area (TPSA) is 45.4 Å². The standard InChI is InChI=1S/C9H8N2O/c1-12-11-7-9-5-3-2-4-8(9)6-10/h2-5,7H,1H3/b11-7+. The molecule has 0 heterocycles. The maximum absolute atomic E-state index is 8.67. The van der Waals surface area contributed by atoms with Gasteiger partial charge in [-0.25, -0.2) is 0 Å². The first-order valence-electron chi connectivity index (χ1n) is 3.44. The Labute approximate surface area is 70.9 Å². The van der Waals surface area contributed by atoms with Gasteiger partial charge >= 0.3 is 0 Å². The SMILES string of the molecule is CO/N=C/c1ccccc1C#N. The van der Waals surface area contributed by atoms with Gasteiger partial charge in [0, 0.05) is 5.56 Å². The van der Waals surface area contributed by atoms with E-state index in [1.165, 1.54) is 13.3 Å². The van der Waals surface area contributed by atoms with Gasteiger partial charge in [0.25, 0.3) is 0 Å². The van der Waals surface area contributed by atoms with Crippen LogP contribution in [0, 0.1) is 11.3 Å². The van der Waals surface area contributed by atoms with Crippen molar-refractivity contribution in [3.8, 4) is 6.07 Å². The Morgan fingerprint density at radius 1 is 1.50 bits per heavy atom. The van der Waals surface area contributed by atoms with E-state index in [1.54, 1.807) is 12.1 Å². The highest BCUT2D eigenvalue weighted by atomic mass is 16.6. The second-order valence-electron chi connectivity index (χ2n) is 2.12. The van der Waals surface area contributed by atoms with Gasteiger partial charge in [-0.15, -0.1) is 0 Å². The van der Waals surface area contributed by atoms with Crippen LogP contribution in [0.4, 0.5) is 0 Å². The lowest BCUT2D eigenvalue weighted by Gasteiger charge is -1.93. The third-order valence-electron chi connectivity index (χ3n) is 1.38. The molecule has 60 valence electrons. The van der Waals surface area contributed by atoms with Crippen molar-refractivity contribution in [2.45, 2.75) is 0 Å². The Hall–Kier alpha value is -1.82. The van der Waals surface area contributed by atoms with Gasteiger partial charge < -0.3 is 4.84 Å². The number of hydrogen-bond acceptors (Lipinski definition) is 3. The lowest BCUT2D eigenvalue weighted by atomic mass is 10.1. The Morgan fingerprint density at radius 2 is 2.25 bits per heavy atom. The van der Waals surface area contributed by atoms with Crippen LogP contribution in [-0.2, 0) is 4.84 Å². The molecule has 0 aliphatic carbocycles. The highest BCUT2D eigenvalue weighted by molar-refractivity contribution is 5.82. The van der Waals surface area contributed by atoms with Gasteiger partial charge in [0.1, 0.15) is 7.11 Å². The summed E-state index contributed by atoms with van der Waals surface area (Å²) in [5.41, 5.74) is 1.36. The fraction of sp³-hybridized carbons (Fsp3) is 0.111. The van der Waals surface area contributed by atoms with Crippen molar-refractivity contribution < 1.29 is 4.84 Å². The Bertz CT molecular complexity index is 326. The molecule has 1 rings (SSSR count). The molecule has 0 atom stereocenters. The summed E-state index contributed by atoms with van der Waals surface area (Å²) in [6.45, 7) is 0. The molecule has 0 N–H and O–H groups in total. The second-order valence-corrected chi connectivity index (χ2v) is 2.12. The monoisotopic (exact) mass is 160 g/mol. The quantitative estimate of drug-likeness (QED) is 0.486. The van der Waals surface area contributed by atoms with Gasteiger partial charge in [-0.1, -0.05) is 23.4 Å². The van der Waals surface area contributed by atoms with Crippen LogP contribution in [0.15, 0.2) is 29.4 Å². The zero-order chi connectivity index (χ0) is 8.81. The van der Waals surface area contributed by atoms with E-state index in [9.17, 15) is 0 Å². The summed E-state index contributed by atoms with van der Waals surface area (Å²) in [5, 5.41) is 12.2. The molecular formula is C9H8N2O. The molecule has 0 aliphatic rings. The fourth-order valence-electron chi connectivity index (χ4n) is 0.821. The van der Waals surface area contributed by atoms with Crippen LogP contribution in [0.5, 0.6) is 0 Å². The van der Waals surface area contributed by atoms with E-state index in [0.717, 1.165) is 5.56 Å². The van der Waals surface area contributed by atoms with E-state index in [0.29, 0.717) is 5.56 Å². The number of nitriles is 1. The van der Waals surface area contributed by atoms with E-state index < -0.39 is 0 Å². The van der Waals surface area contributed by atoms with Crippen LogP contribution < -0.4 is 0 Å². The molecule has 0 aromatic heterocycles. The molecule has 0 aliphatic heterocycles. The van der Waals surface area contributed by atoms with Crippen molar-refractivity contribution in [3.05, 3.63) is 35.4 Å². The Morgan fingerprint density at radius 3 is 2.92 bits per heavy atom. The van der Waals surface area contributed by atoms with Gasteiger partial charge in [0.05, 0.1) is 17.8 Å². The highest BCUT2D eigenvalue weighted by Gasteiger charge is 1.95. The molecule has 1 aromatic carbocycles. The van der Waals surface area contributed by atoms with E-state index in [4.69, 9.17) is 5.26 Å². The molecule has 0 saturated carbocycles. The molecule has 3 nitrogen and oxygen atoms in total. The first-order chi connectivity index (χ1) is 5.88. The first-order valence-corrected chi connectivity index (χ1v) is 3.44. The maximum Gasteiger partial charge on any atom is 0.106 e. The summed E-state index contributed by atoms with van der Waals surface area (Å²) in [6, 6.07) is 9.25. The van der Waals surface area contributed by atoms with Crippen molar-refractivity contribution >= 4 is 6.21 Å². The molecule has 0 radical (unpaired) electrons. The smallest absolute Gasteiger partial charge is 0.106 e. The summed E-state index contributed by atoms with van der Waals surface area (Å²) in [5.74, 6) is 0. The van der Waals surface area contributed by atoms with Gasteiger partial charge in [-0.2, -0.15) is 5.26 Å². The van der Waals surface area contributed by atoms with Crippen molar-refractivity contribution in [2.24, 2.45) is 5.16 Å². The third kappa shape index (κ3) is 1.83. The molecule has 0 saturated heterocycles. The Kier molecular flexibility index (Phi) is 2.86. The van der Waals surface area contributed by atoms with Gasteiger partial charge in [0.15, 0.2) is 0 Å². The first kappa shape index (κ1) is 8.28. The fourth-order valence-corrected chi connectivity index (χ4v) is 0.821. The largest absolute Gasteiger partial charge is 0.399 e. The average molecular weight is 160 g/mol. The van der Waals surface area contributed by atoms with Crippen LogP contribution in [0.1, 0.15) is 11.1 Å². The molecule has 0 spiro atoms. The predicted molar refractivity (Wildman–Crippen MR) is 45.8 cm³/mol. The molecule has 0 bridgehead atoms. The minimum absolute atomic E-state index is 0.596. The number of hydrogen-bond donors (Lipinski definition) is 0. The minimum atomic E-state index is 0.596. The molecule has 0 amide bonds. The number of nitrogens with zero attached hydrogens (tertiary/aromatic N) is 2. The molecule has 1 aromatic rings. The summed E-state index contributed by atoms with van der Waals surface area (Å²) < 4.78 is 0. The second kappa shape index (κ2) is 4.14. The van der Waals surface area contributed by atoms with E-state index in [-0.39, 0.29) is 0 Å². The van der Waals surface area contributed by atoms with Crippen LogP contribution in [0.3, 0.4) is 0 Å². The third-order valence-corrected chi connectivity index (χ3v) is 1.38. The Balaban J connectivity index is 2.99. The van der Waals surface area contributed by atoms with Crippen molar-refractivity contribution in [3.63, 3.8) is 0 Å². The van der Waals surface area contributed by atoms with Gasteiger partial charge in [-0.3, -0.25) is 0 Å². The summed E-state index contributed by atoms with van der Waals surface area (Å²) >= 11 is 0. The zero-order valence-corrected chi connectivity index (χ0v) is 6.69. The highest BCUT2D eigenvalue weighted by Crippen LogP contribution is 2.03. The predicted octanol–water partition coefficient (Wildman–Crippen LogP) is 1.54. The van der Waals surface area contributed by atoms with Crippen LogP contribution in [0.2, 0.25) is 0 Å². The molecule has 12 heavy (non-hydrogen) atoms. The summed E-state index contributed by atoms with van der Waals surface area (Å²) in [4.78, 5) is 4.51. The number of rotatable bonds is 2. The lowest BCUT2D eigenvalue weighted by Crippen LogP contribution is -1.86. The van der Waals surface area contributed by atoms with Crippen molar-refractivity contribution in [2.75, 3.05) is 7.11 Å². The van der Waals surface area contributed by atoms with Crippen LogP contribution >= 0.6 is 0 Å². The number of benzene rings is 1. The molecular weight excluding hydrogens is 152 g/mol. The normalized spacial score (nSPS) is 9.67.